The first-order chi connectivity index (χ1) is 6.88. The molecule has 0 saturated carbocycles. The van der Waals surface area contributed by atoms with Crippen molar-refractivity contribution in [1.29, 1.82) is 0 Å². The van der Waals surface area contributed by atoms with Gasteiger partial charge in [-0.25, -0.2) is 9.97 Å². The van der Waals surface area contributed by atoms with E-state index in [0.717, 1.165) is 31.9 Å². The monoisotopic (exact) mass is 194 g/mol. The van der Waals surface area contributed by atoms with Crippen molar-refractivity contribution in [1.82, 2.24) is 9.97 Å². The SMILES string of the molecule is OCc1ccnc(CC2CCOC2)n1. The molecule has 1 aromatic heterocycles. The number of aliphatic hydroxyl groups excluding tert-OH is 1. The van der Waals surface area contributed by atoms with E-state index < -0.39 is 0 Å². The van der Waals surface area contributed by atoms with Crippen LogP contribution in [-0.4, -0.2) is 28.3 Å². The second-order valence-corrected chi connectivity index (χ2v) is 3.56. The molecule has 1 N–H and O–H groups in total. The molecular weight excluding hydrogens is 180 g/mol. The maximum Gasteiger partial charge on any atom is 0.128 e. The number of aromatic nitrogens is 2. The first kappa shape index (κ1) is 9.55. The molecule has 2 heterocycles. The second-order valence-electron chi connectivity index (χ2n) is 3.56. The fraction of sp³-hybridized carbons (Fsp3) is 0.600. The van der Waals surface area contributed by atoms with Crippen LogP contribution in [0.1, 0.15) is 17.9 Å². The minimum atomic E-state index is -0.0172. The fourth-order valence-corrected chi connectivity index (χ4v) is 1.63. The lowest BCUT2D eigenvalue weighted by molar-refractivity contribution is 0.185. The van der Waals surface area contributed by atoms with E-state index in [-0.39, 0.29) is 6.61 Å². The molecule has 1 saturated heterocycles. The van der Waals surface area contributed by atoms with Crippen LogP contribution in [0.15, 0.2) is 12.3 Å². The lowest BCUT2D eigenvalue weighted by Crippen LogP contribution is -2.08. The summed E-state index contributed by atoms with van der Waals surface area (Å²) < 4.78 is 5.28. The van der Waals surface area contributed by atoms with Crippen molar-refractivity contribution in [2.24, 2.45) is 5.92 Å². The number of aliphatic hydroxyl groups is 1. The van der Waals surface area contributed by atoms with Crippen LogP contribution in [0.5, 0.6) is 0 Å². The first-order valence-corrected chi connectivity index (χ1v) is 4.88. The first-order valence-electron chi connectivity index (χ1n) is 4.88. The summed E-state index contributed by atoms with van der Waals surface area (Å²) in [4.78, 5) is 8.41. The van der Waals surface area contributed by atoms with E-state index in [4.69, 9.17) is 9.84 Å². The lowest BCUT2D eigenvalue weighted by Gasteiger charge is -2.06. The van der Waals surface area contributed by atoms with Crippen molar-refractivity contribution in [3.63, 3.8) is 0 Å². The molecule has 76 valence electrons. The van der Waals surface area contributed by atoms with E-state index in [0.29, 0.717) is 11.6 Å². The molecule has 2 rings (SSSR count). The molecule has 1 atom stereocenters. The smallest absolute Gasteiger partial charge is 0.128 e. The number of hydrogen-bond acceptors (Lipinski definition) is 4. The maximum absolute atomic E-state index is 8.91. The molecule has 1 aliphatic heterocycles. The highest BCUT2D eigenvalue weighted by molar-refractivity contribution is 5.01. The van der Waals surface area contributed by atoms with Crippen LogP contribution < -0.4 is 0 Å². The largest absolute Gasteiger partial charge is 0.390 e. The number of nitrogens with zero attached hydrogens (tertiary/aromatic N) is 2. The van der Waals surface area contributed by atoms with Crippen LogP contribution in [0.4, 0.5) is 0 Å². The molecule has 0 bridgehead atoms. The summed E-state index contributed by atoms with van der Waals surface area (Å²) in [6, 6.07) is 1.73. The Kier molecular flexibility index (Phi) is 3.06. The topological polar surface area (TPSA) is 55.2 Å². The highest BCUT2D eigenvalue weighted by Crippen LogP contribution is 2.16. The van der Waals surface area contributed by atoms with Crippen molar-refractivity contribution >= 4 is 0 Å². The molecule has 0 spiro atoms. The Hall–Kier alpha value is -1.00. The average molecular weight is 194 g/mol. The third-order valence-electron chi connectivity index (χ3n) is 2.42. The summed E-state index contributed by atoms with van der Waals surface area (Å²) in [6.07, 6.45) is 3.64. The number of ether oxygens (including phenoxy) is 1. The highest BCUT2D eigenvalue weighted by atomic mass is 16.5. The van der Waals surface area contributed by atoms with Gasteiger partial charge in [-0.05, 0) is 18.4 Å². The molecule has 1 fully saturated rings. The molecule has 0 amide bonds. The van der Waals surface area contributed by atoms with Gasteiger partial charge in [-0.1, -0.05) is 0 Å². The van der Waals surface area contributed by atoms with Crippen molar-refractivity contribution < 1.29 is 9.84 Å². The predicted octanol–water partition coefficient (Wildman–Crippen LogP) is 0.548. The average Bonchev–Trinajstić information content (AvgIpc) is 2.71. The molecule has 14 heavy (non-hydrogen) atoms. The van der Waals surface area contributed by atoms with E-state index in [1.165, 1.54) is 0 Å². The number of rotatable bonds is 3. The fourth-order valence-electron chi connectivity index (χ4n) is 1.63. The van der Waals surface area contributed by atoms with Gasteiger partial charge in [0.05, 0.1) is 12.3 Å². The minimum Gasteiger partial charge on any atom is -0.390 e. The maximum atomic E-state index is 8.91. The Morgan fingerprint density at radius 3 is 3.21 bits per heavy atom. The molecular formula is C10H14N2O2. The minimum absolute atomic E-state index is 0.0172. The molecule has 4 heteroatoms. The van der Waals surface area contributed by atoms with E-state index in [1.807, 2.05) is 0 Å². The zero-order valence-electron chi connectivity index (χ0n) is 8.02. The van der Waals surface area contributed by atoms with Crippen LogP contribution in [0.25, 0.3) is 0 Å². The van der Waals surface area contributed by atoms with Crippen LogP contribution in [0.3, 0.4) is 0 Å². The van der Waals surface area contributed by atoms with Crippen LogP contribution >= 0.6 is 0 Å². The van der Waals surface area contributed by atoms with Gasteiger partial charge in [-0.15, -0.1) is 0 Å². The van der Waals surface area contributed by atoms with Gasteiger partial charge in [0.25, 0.3) is 0 Å². The van der Waals surface area contributed by atoms with E-state index in [9.17, 15) is 0 Å². The Morgan fingerprint density at radius 1 is 1.57 bits per heavy atom. The molecule has 4 nitrogen and oxygen atoms in total. The van der Waals surface area contributed by atoms with Gasteiger partial charge in [-0.2, -0.15) is 0 Å². The normalized spacial score (nSPS) is 21.4. The molecule has 1 aromatic rings. The standard InChI is InChI=1S/C10H14N2O2/c13-6-9-1-3-11-10(12-9)5-8-2-4-14-7-8/h1,3,8,13H,2,4-7H2. The van der Waals surface area contributed by atoms with Crippen molar-refractivity contribution in [2.45, 2.75) is 19.4 Å². The van der Waals surface area contributed by atoms with Crippen LogP contribution in [0.2, 0.25) is 0 Å². The zero-order chi connectivity index (χ0) is 9.80. The van der Waals surface area contributed by atoms with E-state index in [1.54, 1.807) is 12.3 Å². The van der Waals surface area contributed by atoms with Crippen LogP contribution in [0, 0.1) is 5.92 Å². The number of hydrogen-bond donors (Lipinski definition) is 1. The van der Waals surface area contributed by atoms with Crippen molar-refractivity contribution in [2.75, 3.05) is 13.2 Å². The van der Waals surface area contributed by atoms with Gasteiger partial charge < -0.3 is 9.84 Å². The van der Waals surface area contributed by atoms with E-state index in [2.05, 4.69) is 9.97 Å². The lowest BCUT2D eigenvalue weighted by atomic mass is 10.0. The van der Waals surface area contributed by atoms with E-state index >= 15 is 0 Å². The molecule has 0 radical (unpaired) electrons. The van der Waals surface area contributed by atoms with Gasteiger partial charge in [0.1, 0.15) is 5.82 Å². The van der Waals surface area contributed by atoms with Gasteiger partial charge >= 0.3 is 0 Å². The highest BCUT2D eigenvalue weighted by Gasteiger charge is 2.17. The summed E-state index contributed by atoms with van der Waals surface area (Å²) in [7, 11) is 0. The second kappa shape index (κ2) is 4.48. The quantitative estimate of drug-likeness (QED) is 0.763. The molecule has 0 aromatic carbocycles. The van der Waals surface area contributed by atoms with Crippen LogP contribution in [-0.2, 0) is 17.8 Å². The van der Waals surface area contributed by atoms with Crippen molar-refractivity contribution in [3.8, 4) is 0 Å². The third kappa shape index (κ3) is 2.27. The van der Waals surface area contributed by atoms with Gasteiger partial charge in [0.15, 0.2) is 0 Å². The summed E-state index contributed by atoms with van der Waals surface area (Å²) in [6.45, 7) is 1.65. The van der Waals surface area contributed by atoms with Gasteiger partial charge in [-0.3, -0.25) is 0 Å². The zero-order valence-corrected chi connectivity index (χ0v) is 8.02. The summed E-state index contributed by atoms with van der Waals surface area (Å²) in [5.74, 6) is 1.36. The summed E-state index contributed by atoms with van der Waals surface area (Å²) >= 11 is 0. The summed E-state index contributed by atoms with van der Waals surface area (Å²) in [5.41, 5.74) is 0.689. The molecule has 1 unspecified atom stereocenters. The Bertz CT molecular complexity index is 298. The molecule has 0 aliphatic carbocycles. The van der Waals surface area contributed by atoms with Gasteiger partial charge in [0, 0.05) is 25.8 Å². The Morgan fingerprint density at radius 2 is 2.50 bits per heavy atom. The van der Waals surface area contributed by atoms with Gasteiger partial charge in [0.2, 0.25) is 0 Å². The van der Waals surface area contributed by atoms with Crippen molar-refractivity contribution in [3.05, 3.63) is 23.8 Å². The third-order valence-corrected chi connectivity index (χ3v) is 2.42. The Balaban J connectivity index is 2.00. The molecule has 1 aliphatic rings. The Labute approximate surface area is 83.0 Å². The summed E-state index contributed by atoms with van der Waals surface area (Å²) in [5, 5.41) is 8.91. The predicted molar refractivity (Wildman–Crippen MR) is 50.6 cm³/mol.